The van der Waals surface area contributed by atoms with Crippen molar-refractivity contribution in [3.05, 3.63) is 0 Å². The zero-order valence-electron chi connectivity index (χ0n) is 9.78. The molecule has 0 nitrogen and oxygen atoms in total. The van der Waals surface area contributed by atoms with Gasteiger partial charge in [0.2, 0.25) is 0 Å². The van der Waals surface area contributed by atoms with Crippen LogP contribution in [0, 0.1) is 0 Å². The van der Waals surface area contributed by atoms with Gasteiger partial charge in [-0.1, -0.05) is 0 Å². The normalized spacial score (nSPS) is 10.3. The van der Waals surface area contributed by atoms with Crippen LogP contribution in [0.4, 0.5) is 0 Å². The first-order valence-corrected chi connectivity index (χ1v) is 10.6. The molecule has 0 N–H and O–H groups in total. The maximum atomic E-state index is 2.30. The molecule has 0 amide bonds. The Kier molecular flexibility index (Phi) is 13.3. The van der Waals surface area contributed by atoms with Crippen molar-refractivity contribution in [2.24, 2.45) is 0 Å². The molecule has 0 atom stereocenters. The van der Waals surface area contributed by atoms with Gasteiger partial charge in [-0.05, 0) is 0 Å². The Morgan fingerprint density at radius 2 is 1.08 bits per heavy atom. The fourth-order valence-corrected chi connectivity index (χ4v) is 5.45. The van der Waals surface area contributed by atoms with Crippen LogP contribution in [0.1, 0.15) is 65.2 Å². The summed E-state index contributed by atoms with van der Waals surface area (Å²) in [7, 11) is 0. The van der Waals surface area contributed by atoms with Crippen LogP contribution in [0.3, 0.4) is 0 Å². The van der Waals surface area contributed by atoms with Gasteiger partial charge in [-0.15, -0.1) is 0 Å². The topological polar surface area (TPSA) is 0 Å². The summed E-state index contributed by atoms with van der Waals surface area (Å²) in [6.45, 7) is 4.60. The van der Waals surface area contributed by atoms with Crippen molar-refractivity contribution in [1.29, 1.82) is 0 Å². The van der Waals surface area contributed by atoms with Gasteiger partial charge in [0.25, 0.3) is 0 Å². The zero-order chi connectivity index (χ0) is 9.78. The van der Waals surface area contributed by atoms with E-state index in [9.17, 15) is 0 Å². The van der Waals surface area contributed by atoms with Crippen molar-refractivity contribution in [2.75, 3.05) is 0 Å². The molecular formula is C12H27Ga. The molecule has 0 radical (unpaired) electrons. The van der Waals surface area contributed by atoms with Gasteiger partial charge in [-0.2, -0.15) is 0 Å². The van der Waals surface area contributed by atoms with E-state index in [1.54, 1.807) is 22.8 Å². The molecule has 0 saturated carbocycles. The third-order valence-electron chi connectivity index (χ3n) is 2.71. The average Bonchev–Trinajstić information content (AvgIpc) is 2.16. The molecule has 0 aromatic carbocycles. The van der Waals surface area contributed by atoms with E-state index in [4.69, 9.17) is 0 Å². The number of unbranched alkanes of at least 4 members (excludes halogenated alkanes) is 6. The quantitative estimate of drug-likeness (QED) is 0.392. The van der Waals surface area contributed by atoms with E-state index >= 15 is 0 Å². The second kappa shape index (κ2) is 12.6. The maximum absolute atomic E-state index is 2.30. The molecule has 0 aliphatic carbocycles. The Labute approximate surface area is 92.7 Å². The van der Waals surface area contributed by atoms with Crippen molar-refractivity contribution >= 4 is 17.4 Å². The molecule has 0 aliphatic rings. The summed E-state index contributed by atoms with van der Waals surface area (Å²) in [6.07, 6.45) is 11.9. The molecular weight excluding hydrogens is 214 g/mol. The van der Waals surface area contributed by atoms with E-state index < -0.39 is 0 Å². The zero-order valence-corrected chi connectivity index (χ0v) is 12.7. The second-order valence-corrected chi connectivity index (χ2v) is 8.63. The summed E-state index contributed by atoms with van der Waals surface area (Å²) >= 11 is -0.0381. The summed E-state index contributed by atoms with van der Waals surface area (Å²) in [5.74, 6) is 0. The fourth-order valence-electron chi connectivity index (χ4n) is 1.74. The van der Waals surface area contributed by atoms with Crippen molar-refractivity contribution < 1.29 is 0 Å². The van der Waals surface area contributed by atoms with Crippen LogP contribution in [0.15, 0.2) is 0 Å². The van der Waals surface area contributed by atoms with Crippen LogP contribution < -0.4 is 0 Å². The molecule has 0 aromatic rings. The first-order chi connectivity index (χ1) is 6.41. The molecule has 0 bridgehead atoms. The van der Waals surface area contributed by atoms with Gasteiger partial charge in [0, 0.05) is 0 Å². The monoisotopic (exact) mass is 240 g/mol. The summed E-state index contributed by atoms with van der Waals surface area (Å²) in [4.78, 5) is 3.33. The Morgan fingerprint density at radius 3 is 1.46 bits per heavy atom. The molecule has 0 rings (SSSR count). The van der Waals surface area contributed by atoms with Gasteiger partial charge in [-0.25, -0.2) is 0 Å². The molecule has 0 heterocycles. The van der Waals surface area contributed by atoms with Gasteiger partial charge in [-0.3, -0.25) is 0 Å². The number of rotatable bonds is 10. The molecule has 78 valence electrons. The summed E-state index contributed by atoms with van der Waals surface area (Å²) in [5.41, 5.74) is 0. The molecule has 0 spiro atoms. The van der Waals surface area contributed by atoms with E-state index in [1.807, 2.05) is 0 Å². The van der Waals surface area contributed by atoms with Crippen LogP contribution in [-0.4, -0.2) is 17.4 Å². The average molecular weight is 241 g/mol. The molecule has 0 saturated heterocycles. The van der Waals surface area contributed by atoms with Crippen molar-refractivity contribution in [3.8, 4) is 0 Å². The second-order valence-electron chi connectivity index (χ2n) is 4.18. The van der Waals surface area contributed by atoms with Gasteiger partial charge in [0.05, 0.1) is 0 Å². The van der Waals surface area contributed by atoms with Gasteiger partial charge in [0.15, 0.2) is 0 Å². The van der Waals surface area contributed by atoms with Gasteiger partial charge in [0.1, 0.15) is 0 Å². The van der Waals surface area contributed by atoms with Crippen LogP contribution in [0.25, 0.3) is 0 Å². The number of hydrogen-bond donors (Lipinski definition) is 0. The fraction of sp³-hybridized carbons (Fsp3) is 1.00. The summed E-state index contributed by atoms with van der Waals surface area (Å²) in [6, 6.07) is 0. The van der Waals surface area contributed by atoms with E-state index in [1.165, 1.54) is 38.5 Å². The Hall–Kier alpha value is 0.636. The Balaban J connectivity index is 2.76. The molecule has 13 heavy (non-hydrogen) atoms. The van der Waals surface area contributed by atoms with E-state index in [-0.39, 0.29) is 17.4 Å². The predicted molar refractivity (Wildman–Crippen MR) is 65.0 cm³/mol. The Bertz CT molecular complexity index is 71.2. The molecule has 0 unspecified atom stereocenters. The first-order valence-electron chi connectivity index (χ1n) is 6.41. The van der Waals surface area contributed by atoms with E-state index in [0.29, 0.717) is 0 Å². The third-order valence-corrected chi connectivity index (χ3v) is 6.90. The van der Waals surface area contributed by atoms with Crippen molar-refractivity contribution in [3.63, 3.8) is 0 Å². The van der Waals surface area contributed by atoms with Crippen molar-refractivity contribution in [2.45, 2.75) is 75.2 Å². The van der Waals surface area contributed by atoms with E-state index in [2.05, 4.69) is 13.8 Å². The minimum absolute atomic E-state index is 0.0381. The van der Waals surface area contributed by atoms with Crippen LogP contribution in [-0.2, 0) is 0 Å². The molecule has 0 fully saturated rings. The van der Waals surface area contributed by atoms with Gasteiger partial charge < -0.3 is 0 Å². The van der Waals surface area contributed by atoms with Crippen LogP contribution >= 0.6 is 0 Å². The summed E-state index contributed by atoms with van der Waals surface area (Å²) in [5, 5.41) is 0. The SMILES string of the molecule is CCCCC[CH2][GaH][CH2]CCCCC. The Morgan fingerprint density at radius 1 is 0.615 bits per heavy atom. The van der Waals surface area contributed by atoms with E-state index in [0.717, 1.165) is 0 Å². The minimum atomic E-state index is -0.0381. The molecule has 0 aliphatic heterocycles. The molecule has 0 aromatic heterocycles. The van der Waals surface area contributed by atoms with Crippen LogP contribution in [0.5, 0.6) is 0 Å². The number of hydrogen-bond acceptors (Lipinski definition) is 0. The standard InChI is InChI=1S/2C6H13.Ga.H/c2*1-3-5-6-4-2;;/h2*1,3-6H2,2H3;;. The van der Waals surface area contributed by atoms with Gasteiger partial charge >= 0.3 is 92.6 Å². The molecule has 1 heteroatoms. The van der Waals surface area contributed by atoms with Crippen LogP contribution in [0.2, 0.25) is 9.95 Å². The third kappa shape index (κ3) is 12.6. The first kappa shape index (κ1) is 13.6. The predicted octanol–water partition coefficient (Wildman–Crippen LogP) is 4.42. The van der Waals surface area contributed by atoms with Crippen molar-refractivity contribution in [1.82, 2.24) is 0 Å². The summed E-state index contributed by atoms with van der Waals surface area (Å²) < 4.78 is 0.